The summed E-state index contributed by atoms with van der Waals surface area (Å²) in [5.74, 6) is 1.30. The maximum Gasteiger partial charge on any atom is 0.251 e. The molecule has 0 radical (unpaired) electrons. The molecule has 0 atom stereocenters. The van der Waals surface area contributed by atoms with Crippen LogP contribution in [-0.4, -0.2) is 31.2 Å². The van der Waals surface area contributed by atoms with Gasteiger partial charge in [0.1, 0.15) is 29.7 Å². The number of ether oxygens (including phenoxy) is 2. The first-order valence-corrected chi connectivity index (χ1v) is 8.68. The van der Waals surface area contributed by atoms with Crippen LogP contribution in [0.2, 0.25) is 0 Å². The van der Waals surface area contributed by atoms with Gasteiger partial charge in [-0.15, -0.1) is 0 Å². The third-order valence-corrected chi connectivity index (χ3v) is 3.83. The maximum atomic E-state index is 13.3. The lowest BCUT2D eigenvalue weighted by molar-refractivity contribution is 0.0947. The van der Waals surface area contributed by atoms with Crippen LogP contribution in [-0.2, 0) is 0 Å². The van der Waals surface area contributed by atoms with E-state index in [1.807, 2.05) is 0 Å². The number of nitrogens with zero attached hydrogens (tertiary/aromatic N) is 1. The van der Waals surface area contributed by atoms with Gasteiger partial charge in [0.25, 0.3) is 5.91 Å². The molecule has 2 aromatic carbocycles. The molecule has 1 amide bonds. The highest BCUT2D eigenvalue weighted by Gasteiger charge is 2.07. The minimum Gasteiger partial charge on any atom is -0.497 e. The summed E-state index contributed by atoms with van der Waals surface area (Å²) in [4.78, 5) is 16.4. The Kier molecular flexibility index (Phi) is 6.41. The van der Waals surface area contributed by atoms with E-state index in [2.05, 4.69) is 15.6 Å². The van der Waals surface area contributed by atoms with E-state index in [1.165, 1.54) is 18.3 Å². The van der Waals surface area contributed by atoms with Crippen LogP contribution in [0.15, 0.2) is 66.9 Å². The van der Waals surface area contributed by atoms with E-state index in [9.17, 15) is 9.18 Å². The monoisotopic (exact) mass is 381 g/mol. The lowest BCUT2D eigenvalue weighted by Crippen LogP contribution is -2.28. The molecule has 1 heterocycles. The van der Waals surface area contributed by atoms with E-state index in [1.54, 1.807) is 55.6 Å². The Morgan fingerprint density at radius 1 is 1.07 bits per heavy atom. The molecule has 1 aromatic heterocycles. The lowest BCUT2D eigenvalue weighted by Gasteiger charge is -2.10. The smallest absolute Gasteiger partial charge is 0.251 e. The molecule has 2 N–H and O–H groups in total. The quantitative estimate of drug-likeness (QED) is 0.581. The van der Waals surface area contributed by atoms with E-state index in [4.69, 9.17) is 9.47 Å². The molecular formula is C21H20FN3O3. The van der Waals surface area contributed by atoms with Gasteiger partial charge in [0, 0.05) is 17.4 Å². The Bertz CT molecular complexity index is 932. The molecule has 0 saturated heterocycles. The van der Waals surface area contributed by atoms with Crippen molar-refractivity contribution in [3.63, 3.8) is 0 Å². The summed E-state index contributed by atoms with van der Waals surface area (Å²) in [6.45, 7) is 0.678. The number of carbonyl (C=O) groups excluding carboxylic acids is 1. The molecule has 3 rings (SSSR count). The molecule has 0 aliphatic rings. The Morgan fingerprint density at radius 2 is 1.86 bits per heavy atom. The minimum absolute atomic E-state index is 0.247. The molecule has 28 heavy (non-hydrogen) atoms. The van der Waals surface area contributed by atoms with Crippen molar-refractivity contribution in [1.82, 2.24) is 10.3 Å². The fourth-order valence-electron chi connectivity index (χ4n) is 2.46. The molecule has 0 spiro atoms. The molecule has 0 fully saturated rings. The Hall–Kier alpha value is -3.61. The topological polar surface area (TPSA) is 72.5 Å². The van der Waals surface area contributed by atoms with Crippen molar-refractivity contribution < 1.29 is 18.7 Å². The number of methoxy groups -OCH3 is 1. The SMILES string of the molecule is COc1ccc(OCCNC(=O)c2ccnc(Nc3cccc(F)c3)c2)cc1. The first-order valence-electron chi connectivity index (χ1n) is 8.68. The number of aromatic nitrogens is 1. The predicted molar refractivity (Wildman–Crippen MR) is 105 cm³/mol. The van der Waals surface area contributed by atoms with Crippen LogP contribution in [0.3, 0.4) is 0 Å². The van der Waals surface area contributed by atoms with Gasteiger partial charge >= 0.3 is 0 Å². The normalized spacial score (nSPS) is 10.2. The van der Waals surface area contributed by atoms with Crippen molar-refractivity contribution in [3.05, 3.63) is 78.2 Å². The second-order valence-corrected chi connectivity index (χ2v) is 5.84. The zero-order valence-corrected chi connectivity index (χ0v) is 15.3. The molecule has 7 heteroatoms. The van der Waals surface area contributed by atoms with Crippen molar-refractivity contribution in [3.8, 4) is 11.5 Å². The third-order valence-electron chi connectivity index (χ3n) is 3.83. The summed E-state index contributed by atoms with van der Waals surface area (Å²) < 4.78 is 23.9. The molecule has 0 saturated carbocycles. The van der Waals surface area contributed by atoms with Gasteiger partial charge < -0.3 is 20.1 Å². The van der Waals surface area contributed by atoms with Crippen molar-refractivity contribution in [2.45, 2.75) is 0 Å². The van der Waals surface area contributed by atoms with Crippen LogP contribution < -0.4 is 20.1 Å². The lowest BCUT2D eigenvalue weighted by atomic mass is 10.2. The van der Waals surface area contributed by atoms with Gasteiger partial charge in [-0.3, -0.25) is 4.79 Å². The molecule has 0 aliphatic heterocycles. The van der Waals surface area contributed by atoms with Gasteiger partial charge in [0.2, 0.25) is 0 Å². The second-order valence-electron chi connectivity index (χ2n) is 5.84. The first-order chi connectivity index (χ1) is 13.6. The van der Waals surface area contributed by atoms with E-state index < -0.39 is 0 Å². The second kappa shape index (κ2) is 9.36. The Morgan fingerprint density at radius 3 is 2.61 bits per heavy atom. The molecule has 0 bridgehead atoms. The minimum atomic E-state index is -0.351. The number of amides is 1. The number of anilines is 2. The Labute approximate surface area is 162 Å². The van der Waals surface area contributed by atoms with E-state index in [0.29, 0.717) is 36.0 Å². The summed E-state index contributed by atoms with van der Waals surface area (Å²) in [5.41, 5.74) is 0.997. The zero-order valence-electron chi connectivity index (χ0n) is 15.3. The maximum absolute atomic E-state index is 13.3. The van der Waals surface area contributed by atoms with Crippen LogP contribution in [0.1, 0.15) is 10.4 Å². The number of halogens is 1. The summed E-state index contributed by atoms with van der Waals surface area (Å²) in [6.07, 6.45) is 1.52. The molecule has 0 aliphatic carbocycles. The Balaban J connectivity index is 1.50. The molecule has 3 aromatic rings. The van der Waals surface area contributed by atoms with Gasteiger partial charge in [-0.1, -0.05) is 6.07 Å². The molecule has 6 nitrogen and oxygen atoms in total. The highest BCUT2D eigenvalue weighted by Crippen LogP contribution is 2.17. The van der Waals surface area contributed by atoms with Crippen molar-refractivity contribution in [2.75, 3.05) is 25.6 Å². The number of hydrogen-bond acceptors (Lipinski definition) is 5. The van der Waals surface area contributed by atoms with Gasteiger partial charge in [-0.25, -0.2) is 9.37 Å². The summed E-state index contributed by atoms with van der Waals surface area (Å²) >= 11 is 0. The van der Waals surface area contributed by atoms with Crippen LogP contribution in [0.5, 0.6) is 11.5 Å². The fourth-order valence-corrected chi connectivity index (χ4v) is 2.46. The number of benzene rings is 2. The predicted octanol–water partition coefficient (Wildman–Crippen LogP) is 3.78. The average molecular weight is 381 g/mol. The van der Waals surface area contributed by atoms with Gasteiger partial charge in [-0.05, 0) is 54.6 Å². The van der Waals surface area contributed by atoms with Crippen molar-refractivity contribution >= 4 is 17.4 Å². The van der Waals surface area contributed by atoms with Crippen LogP contribution in [0, 0.1) is 5.82 Å². The van der Waals surface area contributed by atoms with Gasteiger partial charge in [0.05, 0.1) is 13.7 Å². The summed E-state index contributed by atoms with van der Waals surface area (Å²) in [7, 11) is 1.60. The largest absolute Gasteiger partial charge is 0.497 e. The van der Waals surface area contributed by atoms with Crippen LogP contribution >= 0.6 is 0 Å². The highest BCUT2D eigenvalue weighted by molar-refractivity contribution is 5.94. The summed E-state index contributed by atoms with van der Waals surface area (Å²) in [6, 6.07) is 16.4. The number of rotatable bonds is 8. The number of pyridine rings is 1. The third kappa shape index (κ3) is 5.44. The number of hydrogen-bond donors (Lipinski definition) is 2. The van der Waals surface area contributed by atoms with Crippen LogP contribution in [0.25, 0.3) is 0 Å². The number of carbonyl (C=O) groups is 1. The fraction of sp³-hybridized carbons (Fsp3) is 0.143. The molecular weight excluding hydrogens is 361 g/mol. The van der Waals surface area contributed by atoms with Crippen molar-refractivity contribution in [1.29, 1.82) is 0 Å². The summed E-state index contributed by atoms with van der Waals surface area (Å²) in [5, 5.41) is 5.76. The number of nitrogens with one attached hydrogen (secondary N) is 2. The molecule has 144 valence electrons. The average Bonchev–Trinajstić information content (AvgIpc) is 2.72. The van der Waals surface area contributed by atoms with E-state index in [-0.39, 0.29) is 11.7 Å². The van der Waals surface area contributed by atoms with Crippen molar-refractivity contribution in [2.24, 2.45) is 0 Å². The van der Waals surface area contributed by atoms with E-state index in [0.717, 1.165) is 5.75 Å². The molecule has 0 unspecified atom stereocenters. The standard InChI is InChI=1S/C21H20FN3O3/c1-27-18-5-7-19(8-6-18)28-12-11-24-21(26)15-9-10-23-20(13-15)25-17-4-2-3-16(22)14-17/h2-10,13-14H,11-12H2,1H3,(H,23,25)(H,24,26). The zero-order chi connectivity index (χ0) is 19.8. The van der Waals surface area contributed by atoms with Crippen LogP contribution in [0.4, 0.5) is 15.9 Å². The highest BCUT2D eigenvalue weighted by atomic mass is 19.1. The van der Waals surface area contributed by atoms with Gasteiger partial charge in [-0.2, -0.15) is 0 Å². The first kappa shape index (κ1) is 19.2. The van der Waals surface area contributed by atoms with Gasteiger partial charge in [0.15, 0.2) is 0 Å². The van der Waals surface area contributed by atoms with E-state index >= 15 is 0 Å².